The quantitative estimate of drug-likeness (QED) is 0.126. The van der Waals surface area contributed by atoms with Crippen LogP contribution in [-0.2, 0) is 25.1 Å². The van der Waals surface area contributed by atoms with Gasteiger partial charge in [0.15, 0.2) is 0 Å². The fourth-order valence-corrected chi connectivity index (χ4v) is 7.15. The predicted molar refractivity (Wildman–Crippen MR) is 228 cm³/mol. The fraction of sp³-hybridized carbons (Fsp3) is 0.277. The van der Waals surface area contributed by atoms with Crippen LogP contribution in [0.3, 0.4) is 0 Å². The molecule has 0 aliphatic rings. The number of aliphatic hydroxyl groups is 1. The second-order valence-electron chi connectivity index (χ2n) is 16.1. The van der Waals surface area contributed by atoms with Gasteiger partial charge in [0.2, 0.25) is 11.8 Å². The molecule has 5 aromatic carbocycles. The highest BCUT2D eigenvalue weighted by Crippen LogP contribution is 2.30. The second kappa shape index (κ2) is 17.8. The van der Waals surface area contributed by atoms with Gasteiger partial charge in [-0.1, -0.05) is 132 Å². The number of fused-ring (bicyclic) bond motifs is 2. The molecule has 0 aliphatic carbocycles. The Labute approximate surface area is 341 Å². The summed E-state index contributed by atoms with van der Waals surface area (Å²) in [6, 6.07) is 37.5. The van der Waals surface area contributed by atoms with E-state index in [1.807, 2.05) is 91.9 Å². The van der Waals surface area contributed by atoms with Crippen molar-refractivity contribution < 1.29 is 27.2 Å². The lowest BCUT2D eigenvalue weighted by atomic mass is 9.86. The molecule has 2 heterocycles. The molecule has 11 heteroatoms. The third-order valence-electron chi connectivity index (χ3n) is 9.62. The summed E-state index contributed by atoms with van der Waals surface area (Å²) in [5.74, 6) is 0.865. The Balaban J connectivity index is 0.000000208. The van der Waals surface area contributed by atoms with E-state index in [1.54, 1.807) is 24.3 Å². The van der Waals surface area contributed by atoms with E-state index in [4.69, 9.17) is 13.7 Å². The number of hydrogen-bond acceptors (Lipinski definition) is 10. The SMILES string of the molecule is CC(C)(C)c1ccc(C(O)COc2ncnc3ccccc23)cc1.Cc1ccc(S(=O)(=O)OC(COc2ncnc3ccccc23)c2ccc(C(C)(C)C)cc2)cc1. The summed E-state index contributed by atoms with van der Waals surface area (Å²) in [4.78, 5) is 17.0. The fourth-order valence-electron chi connectivity index (χ4n) is 6.09. The van der Waals surface area contributed by atoms with E-state index in [0.717, 1.165) is 38.5 Å². The molecule has 0 amide bonds. The molecule has 0 saturated heterocycles. The first-order valence-corrected chi connectivity index (χ1v) is 20.5. The molecular formula is C47H50N4O6S. The van der Waals surface area contributed by atoms with Gasteiger partial charge < -0.3 is 14.6 Å². The van der Waals surface area contributed by atoms with E-state index < -0.39 is 22.3 Å². The number of hydrogen-bond donors (Lipinski definition) is 1. The van der Waals surface area contributed by atoms with Gasteiger partial charge in [-0.2, -0.15) is 8.42 Å². The van der Waals surface area contributed by atoms with Gasteiger partial charge in [-0.3, -0.25) is 4.18 Å². The Morgan fingerprint density at radius 3 is 1.50 bits per heavy atom. The molecule has 0 radical (unpaired) electrons. The average molecular weight is 799 g/mol. The second-order valence-corrected chi connectivity index (χ2v) is 17.7. The number of nitrogens with zero attached hydrogens (tertiary/aromatic N) is 4. The van der Waals surface area contributed by atoms with Crippen LogP contribution in [-0.4, -0.2) is 46.7 Å². The molecule has 7 rings (SSSR count). The van der Waals surface area contributed by atoms with Crippen LogP contribution in [0.25, 0.3) is 21.8 Å². The van der Waals surface area contributed by atoms with Crippen LogP contribution in [0, 0.1) is 6.92 Å². The molecule has 2 unspecified atom stereocenters. The minimum absolute atomic E-state index is 0.0285. The zero-order valence-corrected chi connectivity index (χ0v) is 34.8. The molecule has 10 nitrogen and oxygen atoms in total. The maximum atomic E-state index is 13.1. The van der Waals surface area contributed by atoms with Crippen molar-refractivity contribution in [2.24, 2.45) is 0 Å². The van der Waals surface area contributed by atoms with Crippen molar-refractivity contribution in [3.8, 4) is 11.8 Å². The van der Waals surface area contributed by atoms with Crippen molar-refractivity contribution in [2.75, 3.05) is 13.2 Å². The maximum Gasteiger partial charge on any atom is 0.297 e. The number of benzene rings is 5. The highest BCUT2D eigenvalue weighted by atomic mass is 32.2. The van der Waals surface area contributed by atoms with Crippen LogP contribution in [0.4, 0.5) is 0 Å². The standard InChI is InChI=1S/C27H28N2O4S.C20H22N2O2/c1-19-9-15-22(16-10-19)34(30,31)33-25(20-11-13-21(14-12-20)27(2,3)4)17-32-26-23-7-5-6-8-24(23)28-18-29-26;1-20(2,3)15-10-8-14(9-11-15)18(23)12-24-19-16-6-4-5-7-17(16)21-13-22-19/h5-16,18,25H,17H2,1-4H3;4-11,13,18,23H,12H2,1-3H3. The van der Waals surface area contributed by atoms with Crippen LogP contribution in [0.2, 0.25) is 0 Å². The van der Waals surface area contributed by atoms with Crippen LogP contribution >= 0.6 is 0 Å². The predicted octanol–water partition coefficient (Wildman–Crippen LogP) is 9.80. The average Bonchev–Trinajstić information content (AvgIpc) is 3.21. The van der Waals surface area contributed by atoms with Gasteiger partial charge in [-0.25, -0.2) is 19.9 Å². The largest absolute Gasteiger partial charge is 0.474 e. The van der Waals surface area contributed by atoms with Gasteiger partial charge in [-0.05, 0) is 76.4 Å². The summed E-state index contributed by atoms with van der Waals surface area (Å²) in [5.41, 5.74) is 6.51. The Hall–Kier alpha value is -5.75. The monoisotopic (exact) mass is 798 g/mol. The van der Waals surface area contributed by atoms with E-state index in [1.165, 1.54) is 18.2 Å². The molecule has 2 atom stereocenters. The van der Waals surface area contributed by atoms with Crippen LogP contribution < -0.4 is 9.47 Å². The Morgan fingerprint density at radius 1 is 0.569 bits per heavy atom. The molecule has 1 N–H and O–H groups in total. The molecule has 58 heavy (non-hydrogen) atoms. The van der Waals surface area contributed by atoms with Crippen molar-refractivity contribution in [1.82, 2.24) is 19.9 Å². The normalized spacial score (nSPS) is 13.0. The van der Waals surface area contributed by atoms with Gasteiger partial charge in [-0.15, -0.1) is 0 Å². The number of rotatable bonds is 11. The van der Waals surface area contributed by atoms with Crippen LogP contribution in [0.15, 0.2) is 139 Å². The van der Waals surface area contributed by atoms with Crippen LogP contribution in [0.1, 0.15) is 81.6 Å². The molecule has 0 aliphatic heterocycles. The van der Waals surface area contributed by atoms with Gasteiger partial charge in [0, 0.05) is 0 Å². The third-order valence-corrected chi connectivity index (χ3v) is 11.0. The van der Waals surface area contributed by atoms with Crippen LogP contribution in [0.5, 0.6) is 11.8 Å². The minimum Gasteiger partial charge on any atom is -0.474 e. The summed E-state index contributed by atoms with van der Waals surface area (Å²) in [7, 11) is -4.02. The summed E-state index contributed by atoms with van der Waals surface area (Å²) >= 11 is 0. The van der Waals surface area contributed by atoms with Crippen molar-refractivity contribution >= 4 is 31.9 Å². The Morgan fingerprint density at radius 2 is 1.02 bits per heavy atom. The van der Waals surface area contributed by atoms with Crippen molar-refractivity contribution in [2.45, 2.75) is 76.4 Å². The number of aromatic nitrogens is 4. The topological polar surface area (TPSA) is 134 Å². The summed E-state index contributed by atoms with van der Waals surface area (Å²) in [5, 5.41) is 12.0. The van der Waals surface area contributed by atoms with E-state index >= 15 is 0 Å². The maximum absolute atomic E-state index is 13.1. The first-order chi connectivity index (χ1) is 27.6. The molecular weight excluding hydrogens is 749 g/mol. The van der Waals surface area contributed by atoms with Crippen molar-refractivity contribution in [3.63, 3.8) is 0 Å². The number of ether oxygens (including phenoxy) is 2. The lowest BCUT2D eigenvalue weighted by molar-refractivity contribution is 0.106. The van der Waals surface area contributed by atoms with E-state index in [0.29, 0.717) is 17.3 Å². The lowest BCUT2D eigenvalue weighted by Gasteiger charge is -2.22. The highest BCUT2D eigenvalue weighted by molar-refractivity contribution is 7.86. The summed E-state index contributed by atoms with van der Waals surface area (Å²) in [6.07, 6.45) is 1.33. The van der Waals surface area contributed by atoms with Gasteiger partial charge in [0.25, 0.3) is 10.1 Å². The summed E-state index contributed by atoms with van der Waals surface area (Å²) in [6.45, 7) is 14.9. The zero-order valence-electron chi connectivity index (χ0n) is 34.0. The number of aliphatic hydroxyl groups excluding tert-OH is 1. The third kappa shape index (κ3) is 10.6. The van der Waals surface area contributed by atoms with Crippen molar-refractivity contribution in [1.29, 1.82) is 0 Å². The molecule has 2 aromatic heterocycles. The molecule has 300 valence electrons. The first-order valence-electron chi connectivity index (χ1n) is 19.1. The van der Waals surface area contributed by atoms with E-state index in [-0.39, 0.29) is 28.9 Å². The van der Waals surface area contributed by atoms with Crippen molar-refractivity contribution in [3.05, 3.63) is 162 Å². The van der Waals surface area contributed by atoms with Gasteiger partial charge in [0.1, 0.15) is 38.1 Å². The molecule has 0 spiro atoms. The first kappa shape index (κ1) is 41.9. The molecule has 0 bridgehead atoms. The Kier molecular flexibility index (Phi) is 12.9. The number of aryl methyl sites for hydroxylation is 1. The molecule has 0 saturated carbocycles. The zero-order chi connectivity index (χ0) is 41.5. The molecule has 0 fully saturated rings. The van der Waals surface area contributed by atoms with Gasteiger partial charge in [0.05, 0.1) is 26.7 Å². The van der Waals surface area contributed by atoms with Gasteiger partial charge >= 0.3 is 0 Å². The summed E-state index contributed by atoms with van der Waals surface area (Å²) < 4.78 is 43.6. The molecule has 7 aromatic rings. The van der Waals surface area contributed by atoms with E-state index in [2.05, 4.69) is 73.6 Å². The van der Waals surface area contributed by atoms with E-state index in [9.17, 15) is 13.5 Å². The lowest BCUT2D eigenvalue weighted by Crippen LogP contribution is -2.19. The Bertz CT molecular complexity index is 2540. The highest BCUT2D eigenvalue weighted by Gasteiger charge is 2.26. The number of para-hydroxylation sites is 2. The smallest absolute Gasteiger partial charge is 0.297 e. The minimum atomic E-state index is -4.02.